The highest BCUT2D eigenvalue weighted by atomic mass is 32.1. The standard InChI is InChI=1S/C18H26N4O4S/c1-5-11(2)22-15(23)14-12(3)13(10-20-7-6-19-17(20)24)27-16(14)21(18(22)25)8-9-26-4/h11H,5-10H2,1-4H3,(H,19,24). The zero-order valence-electron chi connectivity index (χ0n) is 16.2. The molecule has 0 saturated carbocycles. The van der Waals surface area contributed by atoms with Crippen molar-refractivity contribution in [2.24, 2.45) is 0 Å². The van der Waals surface area contributed by atoms with E-state index in [-0.39, 0.29) is 23.3 Å². The lowest BCUT2D eigenvalue weighted by molar-refractivity contribution is 0.186. The summed E-state index contributed by atoms with van der Waals surface area (Å²) < 4.78 is 8.15. The van der Waals surface area contributed by atoms with Crippen molar-refractivity contribution < 1.29 is 9.53 Å². The second-order valence-corrected chi connectivity index (χ2v) is 7.93. The van der Waals surface area contributed by atoms with Crippen LogP contribution in [0.2, 0.25) is 0 Å². The van der Waals surface area contributed by atoms with Crippen LogP contribution in [0.1, 0.15) is 36.8 Å². The average Bonchev–Trinajstić information content (AvgIpc) is 3.19. The van der Waals surface area contributed by atoms with Crippen LogP contribution >= 0.6 is 11.3 Å². The van der Waals surface area contributed by atoms with Gasteiger partial charge in [0.2, 0.25) is 0 Å². The Morgan fingerprint density at radius 3 is 2.63 bits per heavy atom. The van der Waals surface area contributed by atoms with Gasteiger partial charge in [0.05, 0.1) is 25.1 Å². The highest BCUT2D eigenvalue weighted by Gasteiger charge is 2.25. The number of methoxy groups -OCH3 is 1. The normalized spacial score (nSPS) is 15.6. The highest BCUT2D eigenvalue weighted by molar-refractivity contribution is 7.18. The van der Waals surface area contributed by atoms with Crippen molar-refractivity contribution in [3.8, 4) is 0 Å². The molecular weight excluding hydrogens is 368 g/mol. The van der Waals surface area contributed by atoms with E-state index in [0.29, 0.717) is 49.4 Å². The lowest BCUT2D eigenvalue weighted by atomic mass is 10.2. The van der Waals surface area contributed by atoms with E-state index >= 15 is 0 Å². The summed E-state index contributed by atoms with van der Waals surface area (Å²) in [5, 5.41) is 3.36. The summed E-state index contributed by atoms with van der Waals surface area (Å²) in [6.45, 7) is 8.21. The number of amides is 2. The van der Waals surface area contributed by atoms with Crippen molar-refractivity contribution in [3.63, 3.8) is 0 Å². The van der Waals surface area contributed by atoms with Crippen molar-refractivity contribution in [1.82, 2.24) is 19.4 Å². The number of hydrogen-bond donors (Lipinski definition) is 1. The molecule has 1 saturated heterocycles. The molecule has 1 fully saturated rings. The molecule has 0 spiro atoms. The first kappa shape index (κ1) is 19.6. The molecule has 0 bridgehead atoms. The third-order valence-electron chi connectivity index (χ3n) is 5.17. The molecule has 1 N–H and O–H groups in total. The maximum atomic E-state index is 13.1. The zero-order chi connectivity index (χ0) is 19.7. The van der Waals surface area contributed by atoms with Crippen LogP contribution < -0.4 is 16.6 Å². The molecule has 1 atom stereocenters. The number of aryl methyl sites for hydroxylation is 1. The number of carbonyl (C=O) groups excluding carboxylic acids is 1. The minimum absolute atomic E-state index is 0.0966. The van der Waals surface area contributed by atoms with Crippen LogP contribution in [0.4, 0.5) is 4.79 Å². The van der Waals surface area contributed by atoms with Gasteiger partial charge in [0.25, 0.3) is 5.56 Å². The Morgan fingerprint density at radius 1 is 1.30 bits per heavy atom. The number of ether oxygens (including phenoxy) is 1. The van der Waals surface area contributed by atoms with E-state index in [4.69, 9.17) is 4.74 Å². The number of aromatic nitrogens is 2. The predicted molar refractivity (Wildman–Crippen MR) is 106 cm³/mol. The van der Waals surface area contributed by atoms with Crippen LogP contribution in [0, 0.1) is 6.92 Å². The van der Waals surface area contributed by atoms with Gasteiger partial charge in [-0.15, -0.1) is 11.3 Å². The summed E-state index contributed by atoms with van der Waals surface area (Å²) in [4.78, 5) is 41.4. The van der Waals surface area contributed by atoms with Gasteiger partial charge in [0.1, 0.15) is 4.83 Å². The number of nitrogens with zero attached hydrogens (tertiary/aromatic N) is 3. The van der Waals surface area contributed by atoms with Crippen molar-refractivity contribution in [3.05, 3.63) is 31.3 Å². The van der Waals surface area contributed by atoms with Gasteiger partial charge in [-0.05, 0) is 25.8 Å². The van der Waals surface area contributed by atoms with Gasteiger partial charge in [-0.1, -0.05) is 6.92 Å². The fraction of sp³-hybridized carbons (Fsp3) is 0.611. The van der Waals surface area contributed by atoms with Gasteiger partial charge >= 0.3 is 11.7 Å². The molecule has 2 aromatic rings. The molecule has 0 aromatic carbocycles. The van der Waals surface area contributed by atoms with E-state index < -0.39 is 0 Å². The van der Waals surface area contributed by atoms with Gasteiger partial charge in [-0.3, -0.25) is 13.9 Å². The van der Waals surface area contributed by atoms with E-state index in [9.17, 15) is 14.4 Å². The van der Waals surface area contributed by atoms with Crippen molar-refractivity contribution in [2.45, 2.75) is 46.3 Å². The number of urea groups is 1. The zero-order valence-corrected chi connectivity index (χ0v) is 17.0. The van der Waals surface area contributed by atoms with E-state index in [2.05, 4.69) is 5.32 Å². The van der Waals surface area contributed by atoms with Crippen molar-refractivity contribution in [2.75, 3.05) is 26.8 Å². The summed E-state index contributed by atoms with van der Waals surface area (Å²) in [6, 6.07) is -0.282. The van der Waals surface area contributed by atoms with Crippen LogP contribution in [-0.4, -0.2) is 46.9 Å². The lowest BCUT2D eigenvalue weighted by Gasteiger charge is -2.16. The highest BCUT2D eigenvalue weighted by Crippen LogP contribution is 2.29. The van der Waals surface area contributed by atoms with Gasteiger partial charge in [-0.2, -0.15) is 0 Å². The summed E-state index contributed by atoms with van der Waals surface area (Å²) in [6.07, 6.45) is 0.689. The Morgan fingerprint density at radius 2 is 2.04 bits per heavy atom. The topological polar surface area (TPSA) is 85.6 Å². The molecule has 1 unspecified atom stereocenters. The average molecular weight is 394 g/mol. The first-order valence-electron chi connectivity index (χ1n) is 9.19. The van der Waals surface area contributed by atoms with Crippen LogP contribution in [0.15, 0.2) is 9.59 Å². The maximum Gasteiger partial charge on any atom is 0.332 e. The van der Waals surface area contributed by atoms with Crippen molar-refractivity contribution in [1.29, 1.82) is 0 Å². The molecule has 27 heavy (non-hydrogen) atoms. The fourth-order valence-electron chi connectivity index (χ4n) is 3.35. The maximum absolute atomic E-state index is 13.1. The third kappa shape index (κ3) is 3.41. The third-order valence-corrected chi connectivity index (χ3v) is 6.47. The minimum atomic E-state index is -0.300. The number of carbonyl (C=O) groups is 1. The van der Waals surface area contributed by atoms with E-state index in [0.717, 1.165) is 10.4 Å². The molecule has 148 valence electrons. The van der Waals surface area contributed by atoms with E-state index in [1.807, 2.05) is 20.8 Å². The minimum Gasteiger partial charge on any atom is -0.383 e. The molecule has 8 nitrogen and oxygen atoms in total. The van der Waals surface area contributed by atoms with Crippen LogP contribution in [-0.2, 0) is 17.8 Å². The van der Waals surface area contributed by atoms with Gasteiger partial charge in [0, 0.05) is 31.1 Å². The molecule has 9 heteroatoms. The van der Waals surface area contributed by atoms with E-state index in [1.165, 1.54) is 15.9 Å². The predicted octanol–water partition coefficient (Wildman–Crippen LogP) is 1.68. The summed E-state index contributed by atoms with van der Waals surface area (Å²) >= 11 is 1.42. The largest absolute Gasteiger partial charge is 0.383 e. The SMILES string of the molecule is CCC(C)n1c(=O)c2c(C)c(CN3CCNC3=O)sc2n(CCOC)c1=O. The molecule has 0 radical (unpaired) electrons. The summed E-state index contributed by atoms with van der Waals surface area (Å²) in [7, 11) is 1.59. The molecular formula is C18H26N4O4S. The van der Waals surface area contributed by atoms with Gasteiger partial charge < -0.3 is 15.0 Å². The molecule has 3 rings (SSSR count). The quantitative estimate of drug-likeness (QED) is 0.774. The number of thiophene rings is 1. The Kier molecular flexibility index (Phi) is 5.71. The fourth-order valence-corrected chi connectivity index (χ4v) is 4.68. The Labute approximate surface area is 161 Å². The number of hydrogen-bond acceptors (Lipinski definition) is 5. The summed E-state index contributed by atoms with van der Waals surface area (Å²) in [5.74, 6) is 0. The first-order valence-corrected chi connectivity index (χ1v) is 10.0. The Balaban J connectivity index is 2.21. The molecule has 2 aromatic heterocycles. The second kappa shape index (κ2) is 7.85. The summed E-state index contributed by atoms with van der Waals surface area (Å²) in [5.41, 5.74) is 0.303. The molecule has 3 heterocycles. The first-order chi connectivity index (χ1) is 12.9. The van der Waals surface area contributed by atoms with Crippen LogP contribution in [0.3, 0.4) is 0 Å². The number of nitrogens with one attached hydrogen (secondary N) is 1. The van der Waals surface area contributed by atoms with Crippen LogP contribution in [0.25, 0.3) is 10.2 Å². The van der Waals surface area contributed by atoms with Crippen molar-refractivity contribution >= 4 is 27.6 Å². The van der Waals surface area contributed by atoms with Gasteiger partial charge in [0.15, 0.2) is 0 Å². The second-order valence-electron chi connectivity index (χ2n) is 6.84. The number of rotatable bonds is 7. The van der Waals surface area contributed by atoms with E-state index in [1.54, 1.807) is 16.6 Å². The smallest absolute Gasteiger partial charge is 0.332 e. The molecule has 1 aliphatic rings. The Bertz CT molecular complexity index is 974. The molecule has 2 amide bonds. The van der Waals surface area contributed by atoms with Crippen LogP contribution in [0.5, 0.6) is 0 Å². The molecule has 1 aliphatic heterocycles. The monoisotopic (exact) mass is 394 g/mol. The molecule has 0 aliphatic carbocycles. The number of fused-ring (bicyclic) bond motifs is 1. The van der Waals surface area contributed by atoms with Gasteiger partial charge in [-0.25, -0.2) is 9.59 Å². The lowest BCUT2D eigenvalue weighted by Crippen LogP contribution is -2.41. The Hall–Kier alpha value is -2.13.